The molecule has 2 aromatic carbocycles. The van der Waals surface area contributed by atoms with Crippen molar-refractivity contribution in [2.75, 3.05) is 0 Å². The van der Waals surface area contributed by atoms with Crippen LogP contribution in [-0.4, -0.2) is 11.4 Å². The van der Waals surface area contributed by atoms with Crippen LogP contribution in [0.1, 0.15) is 75.9 Å². The highest BCUT2D eigenvalue weighted by Crippen LogP contribution is 2.35. The second kappa shape index (κ2) is 9.74. The Bertz CT molecular complexity index is 1140. The van der Waals surface area contributed by atoms with Gasteiger partial charge in [0.25, 0.3) is 0 Å². The first-order chi connectivity index (χ1) is 15.9. The molecule has 0 saturated carbocycles. The SMILES string of the molecule is CC(=Nc1c(C)c(C)c(C)c(C)c1C)C1=CCC=C(C(C)=Nc2c(C)c(C)c(C)c(C)c2C)O1. The Morgan fingerprint density at radius 3 is 1.06 bits per heavy atom. The lowest BCUT2D eigenvalue weighted by Gasteiger charge is -2.20. The van der Waals surface area contributed by atoms with Gasteiger partial charge in [-0.05, 0) is 157 Å². The topological polar surface area (TPSA) is 34.0 Å². The third kappa shape index (κ3) is 4.53. The molecule has 0 atom stereocenters. The summed E-state index contributed by atoms with van der Waals surface area (Å²) >= 11 is 0. The number of hydrogen-bond donors (Lipinski definition) is 0. The highest BCUT2D eigenvalue weighted by atomic mass is 16.5. The molecule has 1 aliphatic rings. The summed E-state index contributed by atoms with van der Waals surface area (Å²) in [5.74, 6) is 1.62. The number of hydrogen-bond acceptors (Lipinski definition) is 3. The van der Waals surface area contributed by atoms with Crippen LogP contribution in [0.15, 0.2) is 33.7 Å². The molecule has 3 heteroatoms. The number of aliphatic imine (C=N–C) groups is 2. The molecule has 1 aliphatic heterocycles. The Labute approximate surface area is 206 Å². The zero-order chi connectivity index (χ0) is 25.5. The number of ether oxygens (including phenoxy) is 1. The number of benzene rings is 2. The van der Waals surface area contributed by atoms with E-state index in [-0.39, 0.29) is 0 Å². The van der Waals surface area contributed by atoms with E-state index in [4.69, 9.17) is 14.7 Å². The molecule has 3 nitrogen and oxygen atoms in total. The zero-order valence-corrected chi connectivity index (χ0v) is 23.2. The van der Waals surface area contributed by atoms with Gasteiger partial charge in [0.1, 0.15) is 11.5 Å². The maximum Gasteiger partial charge on any atom is 0.145 e. The summed E-state index contributed by atoms with van der Waals surface area (Å²) in [6.45, 7) is 25.8. The fourth-order valence-electron chi connectivity index (χ4n) is 4.66. The molecule has 0 fully saturated rings. The highest BCUT2D eigenvalue weighted by molar-refractivity contribution is 6.03. The van der Waals surface area contributed by atoms with Crippen LogP contribution in [-0.2, 0) is 4.74 Å². The van der Waals surface area contributed by atoms with Crippen molar-refractivity contribution in [2.24, 2.45) is 9.98 Å². The summed E-state index contributed by atoms with van der Waals surface area (Å²) in [6, 6.07) is 0. The van der Waals surface area contributed by atoms with Gasteiger partial charge >= 0.3 is 0 Å². The van der Waals surface area contributed by atoms with Gasteiger partial charge < -0.3 is 4.74 Å². The summed E-state index contributed by atoms with van der Waals surface area (Å²) in [7, 11) is 0. The smallest absolute Gasteiger partial charge is 0.145 e. The van der Waals surface area contributed by atoms with Crippen molar-refractivity contribution in [1.82, 2.24) is 0 Å². The molecule has 0 spiro atoms. The Kier molecular flexibility index (Phi) is 7.35. The molecule has 180 valence electrons. The zero-order valence-electron chi connectivity index (χ0n) is 23.2. The summed E-state index contributed by atoms with van der Waals surface area (Å²) in [5.41, 5.74) is 16.8. The first-order valence-corrected chi connectivity index (χ1v) is 12.2. The average molecular weight is 457 g/mol. The van der Waals surface area contributed by atoms with Crippen molar-refractivity contribution in [1.29, 1.82) is 0 Å². The second-order valence-electron chi connectivity index (χ2n) is 9.82. The number of rotatable bonds is 4. The van der Waals surface area contributed by atoms with Crippen molar-refractivity contribution in [3.8, 4) is 0 Å². The minimum Gasteiger partial charge on any atom is -0.454 e. The van der Waals surface area contributed by atoms with Gasteiger partial charge in [-0.3, -0.25) is 0 Å². The molecule has 0 radical (unpaired) electrons. The second-order valence-corrected chi connectivity index (χ2v) is 9.82. The van der Waals surface area contributed by atoms with Crippen LogP contribution in [0.3, 0.4) is 0 Å². The van der Waals surface area contributed by atoms with E-state index in [1.165, 1.54) is 55.6 Å². The monoisotopic (exact) mass is 456 g/mol. The van der Waals surface area contributed by atoms with Gasteiger partial charge in [-0.25, -0.2) is 9.98 Å². The van der Waals surface area contributed by atoms with E-state index in [1.807, 2.05) is 13.8 Å². The van der Waals surface area contributed by atoms with E-state index < -0.39 is 0 Å². The Morgan fingerprint density at radius 1 is 0.500 bits per heavy atom. The molecule has 34 heavy (non-hydrogen) atoms. The van der Waals surface area contributed by atoms with Crippen LogP contribution in [0.25, 0.3) is 0 Å². The predicted octanol–water partition coefficient (Wildman–Crippen LogP) is 8.84. The first-order valence-electron chi connectivity index (χ1n) is 12.2. The van der Waals surface area contributed by atoms with Crippen LogP contribution in [0, 0.1) is 69.2 Å². The highest BCUT2D eigenvalue weighted by Gasteiger charge is 2.18. The molecular formula is C31H40N2O. The lowest BCUT2D eigenvalue weighted by atomic mass is 9.93. The molecule has 0 aromatic heterocycles. The lowest BCUT2D eigenvalue weighted by Crippen LogP contribution is -2.11. The lowest BCUT2D eigenvalue weighted by molar-refractivity contribution is 0.343. The van der Waals surface area contributed by atoms with Gasteiger partial charge in [-0.2, -0.15) is 0 Å². The molecule has 0 saturated heterocycles. The molecule has 0 aliphatic carbocycles. The van der Waals surface area contributed by atoms with Gasteiger partial charge in [0, 0.05) is 0 Å². The molecule has 3 rings (SSSR count). The van der Waals surface area contributed by atoms with E-state index in [0.717, 1.165) is 40.7 Å². The molecule has 2 aromatic rings. The molecule has 0 N–H and O–H groups in total. The third-order valence-corrected chi connectivity index (χ3v) is 8.02. The van der Waals surface area contributed by atoms with Gasteiger partial charge in [0.2, 0.25) is 0 Å². The van der Waals surface area contributed by atoms with E-state index in [0.29, 0.717) is 0 Å². The first kappa shape index (κ1) is 25.7. The van der Waals surface area contributed by atoms with E-state index >= 15 is 0 Å². The van der Waals surface area contributed by atoms with Gasteiger partial charge in [-0.1, -0.05) is 0 Å². The number of nitrogens with zero attached hydrogens (tertiary/aromatic N) is 2. The maximum absolute atomic E-state index is 6.34. The van der Waals surface area contributed by atoms with E-state index in [9.17, 15) is 0 Å². The van der Waals surface area contributed by atoms with E-state index in [2.05, 4.69) is 81.4 Å². The standard InChI is InChI=1S/C31H40N2O/c1-16-18(3)22(7)30(23(8)19(16)4)32-26(11)28-14-13-15-29(34-28)27(12)33-31-24(9)20(5)17(2)21(6)25(31)10/h14-15H,13H2,1-12H3. The quantitative estimate of drug-likeness (QED) is 0.423. The summed E-state index contributed by atoms with van der Waals surface area (Å²) < 4.78 is 6.34. The molecule has 0 unspecified atom stereocenters. The summed E-state index contributed by atoms with van der Waals surface area (Å²) in [5, 5.41) is 0. The minimum absolute atomic E-state index is 0.804. The molecule has 1 heterocycles. The van der Waals surface area contributed by atoms with Crippen molar-refractivity contribution in [3.05, 3.63) is 79.3 Å². The van der Waals surface area contributed by atoms with Gasteiger partial charge in [0.05, 0.1) is 22.8 Å². The van der Waals surface area contributed by atoms with Gasteiger partial charge in [0.15, 0.2) is 0 Å². The molecule has 0 amide bonds. The average Bonchev–Trinajstić information content (AvgIpc) is 2.84. The summed E-state index contributed by atoms with van der Waals surface area (Å²) in [6.07, 6.45) is 5.01. The van der Waals surface area contributed by atoms with Crippen molar-refractivity contribution < 1.29 is 4.74 Å². The van der Waals surface area contributed by atoms with Crippen LogP contribution in [0.2, 0.25) is 0 Å². The Balaban J connectivity index is 1.94. The fourth-order valence-corrected chi connectivity index (χ4v) is 4.66. The van der Waals surface area contributed by atoms with Gasteiger partial charge in [-0.15, -0.1) is 0 Å². The number of allylic oxidation sites excluding steroid dienone is 4. The van der Waals surface area contributed by atoms with Crippen LogP contribution >= 0.6 is 0 Å². The largest absolute Gasteiger partial charge is 0.454 e. The van der Waals surface area contributed by atoms with Crippen LogP contribution in [0.4, 0.5) is 11.4 Å². The fraction of sp³-hybridized carbons (Fsp3) is 0.419. The van der Waals surface area contributed by atoms with Crippen molar-refractivity contribution in [2.45, 2.75) is 89.5 Å². The normalized spacial score (nSPS) is 14.7. The van der Waals surface area contributed by atoms with E-state index in [1.54, 1.807) is 0 Å². The third-order valence-electron chi connectivity index (χ3n) is 8.02. The Hall–Kier alpha value is -2.94. The predicted molar refractivity (Wildman–Crippen MR) is 148 cm³/mol. The Morgan fingerprint density at radius 2 is 0.765 bits per heavy atom. The summed E-state index contributed by atoms with van der Waals surface area (Å²) in [4.78, 5) is 10.1. The van der Waals surface area contributed by atoms with Crippen LogP contribution in [0.5, 0.6) is 0 Å². The molecule has 0 bridgehead atoms. The molecular weight excluding hydrogens is 416 g/mol. The van der Waals surface area contributed by atoms with Crippen molar-refractivity contribution >= 4 is 22.8 Å². The van der Waals surface area contributed by atoms with Crippen LogP contribution < -0.4 is 0 Å². The van der Waals surface area contributed by atoms with Crippen molar-refractivity contribution in [3.63, 3.8) is 0 Å². The maximum atomic E-state index is 6.34. The minimum atomic E-state index is 0.804.